The molecule has 0 spiro atoms. The van der Waals surface area contributed by atoms with Gasteiger partial charge in [-0.1, -0.05) is 11.6 Å². The van der Waals surface area contributed by atoms with E-state index in [4.69, 9.17) is 11.6 Å². The van der Waals surface area contributed by atoms with Crippen molar-refractivity contribution in [3.8, 4) is 0 Å². The van der Waals surface area contributed by atoms with E-state index in [1.165, 1.54) is 11.8 Å². The summed E-state index contributed by atoms with van der Waals surface area (Å²) in [6, 6.07) is 7.48. The van der Waals surface area contributed by atoms with Crippen LogP contribution in [0.1, 0.15) is 12.8 Å². The number of aliphatic hydroxyl groups excluding tert-OH is 1. The van der Waals surface area contributed by atoms with Crippen molar-refractivity contribution in [3.05, 3.63) is 29.3 Å². The zero-order valence-corrected chi connectivity index (χ0v) is 11.6. The molecule has 3 nitrogen and oxygen atoms in total. The molecule has 1 atom stereocenters. The molecule has 1 heterocycles. The largest absolute Gasteiger partial charge is 0.394 e. The van der Waals surface area contributed by atoms with Crippen LogP contribution < -0.4 is 0 Å². The van der Waals surface area contributed by atoms with E-state index in [2.05, 4.69) is 0 Å². The second-order valence-electron chi connectivity index (χ2n) is 4.31. The molecule has 0 saturated carbocycles. The van der Waals surface area contributed by atoms with Gasteiger partial charge in [0, 0.05) is 16.5 Å². The molecule has 0 aliphatic carbocycles. The van der Waals surface area contributed by atoms with E-state index >= 15 is 0 Å². The maximum absolute atomic E-state index is 12.0. The molecule has 0 unspecified atom stereocenters. The zero-order chi connectivity index (χ0) is 13.0. The molecule has 98 valence electrons. The van der Waals surface area contributed by atoms with Crippen molar-refractivity contribution < 1.29 is 9.90 Å². The lowest BCUT2D eigenvalue weighted by atomic mass is 10.2. The van der Waals surface area contributed by atoms with Gasteiger partial charge in [0.05, 0.1) is 18.4 Å². The minimum absolute atomic E-state index is 0.0170. The van der Waals surface area contributed by atoms with Crippen LogP contribution in [-0.4, -0.2) is 40.9 Å². The first-order chi connectivity index (χ1) is 8.70. The fourth-order valence-corrected chi connectivity index (χ4v) is 3.02. The summed E-state index contributed by atoms with van der Waals surface area (Å²) in [5.41, 5.74) is 0. The second-order valence-corrected chi connectivity index (χ2v) is 5.79. The Morgan fingerprint density at radius 2 is 2.17 bits per heavy atom. The number of aliphatic hydroxyl groups is 1. The molecule has 1 aromatic carbocycles. The van der Waals surface area contributed by atoms with E-state index in [1.54, 1.807) is 4.90 Å². The summed E-state index contributed by atoms with van der Waals surface area (Å²) < 4.78 is 0. The molecule has 1 aromatic rings. The summed E-state index contributed by atoms with van der Waals surface area (Å²) in [6.45, 7) is 0.836. The molecule has 18 heavy (non-hydrogen) atoms. The lowest BCUT2D eigenvalue weighted by Crippen LogP contribution is -2.38. The number of halogens is 1. The molecule has 1 saturated heterocycles. The van der Waals surface area contributed by atoms with Crippen molar-refractivity contribution >= 4 is 29.3 Å². The van der Waals surface area contributed by atoms with E-state index in [9.17, 15) is 9.90 Å². The van der Waals surface area contributed by atoms with E-state index in [0.29, 0.717) is 10.8 Å². The van der Waals surface area contributed by atoms with Gasteiger partial charge in [0.1, 0.15) is 0 Å². The maximum Gasteiger partial charge on any atom is 0.233 e. The average Bonchev–Trinajstić information content (AvgIpc) is 2.86. The van der Waals surface area contributed by atoms with Gasteiger partial charge in [-0.05, 0) is 37.1 Å². The van der Waals surface area contributed by atoms with Crippen molar-refractivity contribution in [2.24, 2.45) is 0 Å². The normalized spacial score (nSPS) is 19.2. The van der Waals surface area contributed by atoms with Gasteiger partial charge in [0.25, 0.3) is 0 Å². The number of hydrogen-bond donors (Lipinski definition) is 1. The Labute approximate surface area is 116 Å². The summed E-state index contributed by atoms with van der Waals surface area (Å²) in [7, 11) is 0. The van der Waals surface area contributed by atoms with Gasteiger partial charge in [-0.25, -0.2) is 0 Å². The first-order valence-corrected chi connectivity index (χ1v) is 7.36. The number of amides is 1. The van der Waals surface area contributed by atoms with Crippen molar-refractivity contribution in [1.82, 2.24) is 4.90 Å². The second kappa shape index (κ2) is 6.45. The summed E-state index contributed by atoms with van der Waals surface area (Å²) in [6.07, 6.45) is 1.90. The third-order valence-corrected chi connectivity index (χ3v) is 4.33. The predicted octanol–water partition coefficient (Wildman–Crippen LogP) is 2.42. The summed E-state index contributed by atoms with van der Waals surface area (Å²) in [4.78, 5) is 14.9. The first-order valence-electron chi connectivity index (χ1n) is 5.99. The van der Waals surface area contributed by atoms with Crippen LogP contribution in [0.15, 0.2) is 29.2 Å². The monoisotopic (exact) mass is 285 g/mol. The summed E-state index contributed by atoms with van der Waals surface area (Å²) >= 11 is 7.31. The number of carbonyl (C=O) groups is 1. The van der Waals surface area contributed by atoms with Crippen LogP contribution >= 0.6 is 23.4 Å². The number of likely N-dealkylation sites (tertiary alicyclic amines) is 1. The maximum atomic E-state index is 12.0. The van der Waals surface area contributed by atoms with Gasteiger partial charge in [0.2, 0.25) is 5.91 Å². The highest BCUT2D eigenvalue weighted by Crippen LogP contribution is 2.23. The molecule has 1 aliphatic heterocycles. The van der Waals surface area contributed by atoms with Gasteiger partial charge in [-0.15, -0.1) is 11.8 Å². The zero-order valence-electron chi connectivity index (χ0n) is 10.0. The van der Waals surface area contributed by atoms with Crippen molar-refractivity contribution in [2.75, 3.05) is 18.9 Å². The van der Waals surface area contributed by atoms with Crippen LogP contribution in [0.25, 0.3) is 0 Å². The third-order valence-electron chi connectivity index (χ3n) is 3.08. The highest BCUT2D eigenvalue weighted by molar-refractivity contribution is 8.00. The molecule has 0 radical (unpaired) electrons. The molecular formula is C13H16ClNO2S. The number of nitrogens with zero attached hydrogens (tertiary/aromatic N) is 1. The van der Waals surface area contributed by atoms with Gasteiger partial charge in [-0.3, -0.25) is 4.79 Å². The molecule has 5 heteroatoms. The molecule has 1 aliphatic rings. The van der Waals surface area contributed by atoms with Crippen molar-refractivity contribution in [1.29, 1.82) is 0 Å². The Balaban J connectivity index is 1.86. The standard InChI is InChI=1S/C13H16ClNO2S/c14-10-3-5-12(6-4-10)18-9-13(17)15-7-1-2-11(15)8-16/h3-6,11,16H,1-2,7-9H2/t11-/m1/s1. The van der Waals surface area contributed by atoms with E-state index < -0.39 is 0 Å². The van der Waals surface area contributed by atoms with Crippen LogP contribution in [0, 0.1) is 0 Å². The minimum atomic E-state index is 0.0170. The Bertz CT molecular complexity index is 410. The molecule has 1 amide bonds. The Hall–Kier alpha value is -0.710. The minimum Gasteiger partial charge on any atom is -0.394 e. The number of benzene rings is 1. The fraction of sp³-hybridized carbons (Fsp3) is 0.462. The predicted molar refractivity (Wildman–Crippen MR) is 74.0 cm³/mol. The Kier molecular flexibility index (Phi) is 4.92. The van der Waals surface area contributed by atoms with Crippen LogP contribution in [0.2, 0.25) is 5.02 Å². The first kappa shape index (κ1) is 13.7. The van der Waals surface area contributed by atoms with Gasteiger partial charge < -0.3 is 10.0 Å². The van der Waals surface area contributed by atoms with Crippen LogP contribution in [0.3, 0.4) is 0 Å². The number of carbonyl (C=O) groups excluding carboxylic acids is 1. The summed E-state index contributed by atoms with van der Waals surface area (Å²) in [5, 5.41) is 9.89. The lowest BCUT2D eigenvalue weighted by molar-refractivity contribution is -0.129. The molecule has 1 N–H and O–H groups in total. The van der Waals surface area contributed by atoms with Gasteiger partial charge >= 0.3 is 0 Å². The van der Waals surface area contributed by atoms with Crippen LogP contribution in [0.5, 0.6) is 0 Å². The van der Waals surface area contributed by atoms with E-state index in [-0.39, 0.29) is 18.6 Å². The highest BCUT2D eigenvalue weighted by Gasteiger charge is 2.27. The third kappa shape index (κ3) is 3.40. The number of hydrogen-bond acceptors (Lipinski definition) is 3. The number of rotatable bonds is 4. The van der Waals surface area contributed by atoms with E-state index in [0.717, 1.165) is 24.3 Å². The molecule has 2 rings (SSSR count). The molecule has 0 bridgehead atoms. The topological polar surface area (TPSA) is 40.5 Å². The fourth-order valence-electron chi connectivity index (χ4n) is 2.11. The van der Waals surface area contributed by atoms with Crippen LogP contribution in [0.4, 0.5) is 0 Å². The van der Waals surface area contributed by atoms with E-state index in [1.807, 2.05) is 24.3 Å². The Morgan fingerprint density at radius 3 is 2.83 bits per heavy atom. The van der Waals surface area contributed by atoms with Gasteiger partial charge in [-0.2, -0.15) is 0 Å². The van der Waals surface area contributed by atoms with Gasteiger partial charge in [0.15, 0.2) is 0 Å². The summed E-state index contributed by atoms with van der Waals surface area (Å²) in [5.74, 6) is 0.518. The highest BCUT2D eigenvalue weighted by atomic mass is 35.5. The molecule has 0 aromatic heterocycles. The smallest absolute Gasteiger partial charge is 0.233 e. The lowest BCUT2D eigenvalue weighted by Gasteiger charge is -2.22. The SMILES string of the molecule is O=C(CSc1ccc(Cl)cc1)N1CCC[C@@H]1CO. The molecule has 1 fully saturated rings. The quantitative estimate of drug-likeness (QED) is 0.864. The number of thioether (sulfide) groups is 1. The van der Waals surface area contributed by atoms with Crippen molar-refractivity contribution in [3.63, 3.8) is 0 Å². The Morgan fingerprint density at radius 1 is 1.44 bits per heavy atom. The van der Waals surface area contributed by atoms with Crippen molar-refractivity contribution in [2.45, 2.75) is 23.8 Å². The average molecular weight is 286 g/mol. The van der Waals surface area contributed by atoms with Crippen LogP contribution in [-0.2, 0) is 4.79 Å². The molecular weight excluding hydrogens is 270 g/mol.